The van der Waals surface area contributed by atoms with Gasteiger partial charge in [-0.1, -0.05) is 19.1 Å². The maximum atomic E-state index is 12.0. The van der Waals surface area contributed by atoms with E-state index < -0.39 is 9.84 Å². The fraction of sp³-hybridized carbons (Fsp3) is 0.312. The second-order valence-corrected chi connectivity index (χ2v) is 7.46. The van der Waals surface area contributed by atoms with Crippen molar-refractivity contribution in [2.75, 3.05) is 25.2 Å². The Balaban J connectivity index is 2.02. The van der Waals surface area contributed by atoms with E-state index in [0.717, 1.165) is 5.56 Å². The molecule has 0 atom stereocenters. The minimum Gasteiger partial charge on any atom is -0.481 e. The molecule has 1 N–H and O–H groups in total. The Morgan fingerprint density at radius 1 is 1.21 bits per heavy atom. The molecular formula is C16H19N3O4S. The van der Waals surface area contributed by atoms with Crippen LogP contribution in [0.15, 0.2) is 36.5 Å². The van der Waals surface area contributed by atoms with Crippen LogP contribution < -0.4 is 10.1 Å². The Kier molecular flexibility index (Phi) is 5.86. The Morgan fingerprint density at radius 2 is 1.92 bits per heavy atom. The van der Waals surface area contributed by atoms with Crippen LogP contribution in [0.3, 0.4) is 0 Å². The standard InChI is InChI=1S/C16H19N3O4S/c1-3-24(21,22)11-10-18-16(20)13-6-4-12(5-7-13)15-17-9-8-14(19-15)23-2/h4-9H,3,10-11H2,1-2H3,(H,18,20). The van der Waals surface area contributed by atoms with Crippen molar-refractivity contribution in [2.24, 2.45) is 0 Å². The van der Waals surface area contributed by atoms with Gasteiger partial charge in [0.15, 0.2) is 15.7 Å². The van der Waals surface area contributed by atoms with Crippen molar-refractivity contribution in [1.29, 1.82) is 0 Å². The number of aromatic nitrogens is 2. The zero-order valence-electron chi connectivity index (χ0n) is 13.5. The summed E-state index contributed by atoms with van der Waals surface area (Å²) in [5.74, 6) is 0.636. The molecule has 128 valence electrons. The minimum atomic E-state index is -3.09. The number of hydrogen-bond donors (Lipinski definition) is 1. The summed E-state index contributed by atoms with van der Waals surface area (Å²) in [6.07, 6.45) is 1.59. The molecule has 8 heteroatoms. The van der Waals surface area contributed by atoms with Crippen LogP contribution in [0.1, 0.15) is 17.3 Å². The Labute approximate surface area is 141 Å². The van der Waals surface area contributed by atoms with E-state index in [1.165, 1.54) is 7.11 Å². The molecule has 24 heavy (non-hydrogen) atoms. The number of methoxy groups -OCH3 is 1. The molecule has 0 radical (unpaired) electrons. The van der Waals surface area contributed by atoms with Gasteiger partial charge in [-0.15, -0.1) is 0 Å². The maximum Gasteiger partial charge on any atom is 0.251 e. The van der Waals surface area contributed by atoms with Crippen molar-refractivity contribution in [2.45, 2.75) is 6.92 Å². The molecule has 0 fully saturated rings. The van der Waals surface area contributed by atoms with Crippen LogP contribution in [0.5, 0.6) is 5.88 Å². The van der Waals surface area contributed by atoms with Gasteiger partial charge in [0.2, 0.25) is 5.88 Å². The largest absolute Gasteiger partial charge is 0.481 e. The number of benzene rings is 1. The van der Waals surface area contributed by atoms with Gasteiger partial charge in [0.25, 0.3) is 5.91 Å². The van der Waals surface area contributed by atoms with Crippen LogP contribution in [-0.4, -0.2) is 49.5 Å². The van der Waals surface area contributed by atoms with Crippen molar-refractivity contribution >= 4 is 15.7 Å². The van der Waals surface area contributed by atoms with Crippen molar-refractivity contribution in [3.8, 4) is 17.3 Å². The zero-order valence-corrected chi connectivity index (χ0v) is 14.3. The molecule has 1 heterocycles. The first-order valence-electron chi connectivity index (χ1n) is 7.41. The highest BCUT2D eigenvalue weighted by atomic mass is 32.2. The SMILES string of the molecule is CCS(=O)(=O)CCNC(=O)c1ccc(-c2nccc(OC)n2)cc1. The van der Waals surface area contributed by atoms with Crippen molar-refractivity contribution in [1.82, 2.24) is 15.3 Å². The molecule has 0 saturated carbocycles. The van der Waals surface area contributed by atoms with E-state index in [1.54, 1.807) is 43.5 Å². The first-order valence-corrected chi connectivity index (χ1v) is 9.23. The van der Waals surface area contributed by atoms with Crippen LogP contribution in [0, 0.1) is 0 Å². The molecule has 2 rings (SSSR count). The van der Waals surface area contributed by atoms with E-state index in [1.807, 2.05) is 0 Å². The molecule has 1 aromatic carbocycles. The average molecular weight is 349 g/mol. The predicted octanol–water partition coefficient (Wildman–Crippen LogP) is 1.32. The molecule has 2 aromatic rings. The predicted molar refractivity (Wildman–Crippen MR) is 90.7 cm³/mol. The van der Waals surface area contributed by atoms with E-state index in [9.17, 15) is 13.2 Å². The molecule has 0 bridgehead atoms. The third-order valence-electron chi connectivity index (χ3n) is 3.38. The molecule has 1 amide bonds. The summed E-state index contributed by atoms with van der Waals surface area (Å²) in [6.45, 7) is 1.67. The van der Waals surface area contributed by atoms with Gasteiger partial charge in [-0.3, -0.25) is 4.79 Å². The first kappa shape index (κ1) is 17.9. The summed E-state index contributed by atoms with van der Waals surface area (Å²) >= 11 is 0. The van der Waals surface area contributed by atoms with Gasteiger partial charge in [0.05, 0.1) is 12.9 Å². The van der Waals surface area contributed by atoms with Crippen LogP contribution in [0.25, 0.3) is 11.4 Å². The molecule has 7 nitrogen and oxygen atoms in total. The smallest absolute Gasteiger partial charge is 0.251 e. The van der Waals surface area contributed by atoms with Crippen LogP contribution in [-0.2, 0) is 9.84 Å². The van der Waals surface area contributed by atoms with Crippen LogP contribution in [0.4, 0.5) is 0 Å². The number of nitrogens with one attached hydrogen (secondary N) is 1. The number of ether oxygens (including phenoxy) is 1. The molecule has 0 aliphatic carbocycles. The Morgan fingerprint density at radius 3 is 2.54 bits per heavy atom. The lowest BCUT2D eigenvalue weighted by Gasteiger charge is -2.06. The quantitative estimate of drug-likeness (QED) is 0.809. The van der Waals surface area contributed by atoms with Gasteiger partial charge in [-0.05, 0) is 12.1 Å². The van der Waals surface area contributed by atoms with E-state index >= 15 is 0 Å². The van der Waals surface area contributed by atoms with Gasteiger partial charge < -0.3 is 10.1 Å². The number of carbonyl (C=O) groups excluding carboxylic acids is 1. The molecule has 1 aromatic heterocycles. The van der Waals surface area contributed by atoms with Gasteiger partial charge in [0, 0.05) is 35.7 Å². The highest BCUT2D eigenvalue weighted by Gasteiger charge is 2.10. The second kappa shape index (κ2) is 7.87. The van der Waals surface area contributed by atoms with Crippen molar-refractivity contribution in [3.63, 3.8) is 0 Å². The summed E-state index contributed by atoms with van der Waals surface area (Å²) < 4.78 is 27.8. The molecule has 0 saturated heterocycles. The van der Waals surface area contributed by atoms with Crippen LogP contribution in [0.2, 0.25) is 0 Å². The summed E-state index contributed by atoms with van der Waals surface area (Å²) in [4.78, 5) is 20.4. The van der Waals surface area contributed by atoms with Crippen molar-refractivity contribution in [3.05, 3.63) is 42.1 Å². The number of nitrogens with zero attached hydrogens (tertiary/aromatic N) is 2. The third kappa shape index (κ3) is 4.76. The van der Waals surface area contributed by atoms with E-state index in [-0.39, 0.29) is 24.0 Å². The minimum absolute atomic E-state index is 0.0645. The number of carbonyl (C=O) groups is 1. The second-order valence-electron chi connectivity index (χ2n) is 4.99. The monoisotopic (exact) mass is 349 g/mol. The summed E-state index contributed by atoms with van der Waals surface area (Å²) in [7, 11) is -1.56. The average Bonchev–Trinajstić information content (AvgIpc) is 2.61. The Bertz CT molecular complexity index is 804. The highest BCUT2D eigenvalue weighted by Crippen LogP contribution is 2.17. The van der Waals surface area contributed by atoms with Gasteiger partial charge >= 0.3 is 0 Å². The lowest BCUT2D eigenvalue weighted by molar-refractivity contribution is 0.0956. The van der Waals surface area contributed by atoms with E-state index in [2.05, 4.69) is 15.3 Å². The van der Waals surface area contributed by atoms with Gasteiger partial charge in [0.1, 0.15) is 0 Å². The summed E-state index contributed by atoms with van der Waals surface area (Å²) in [6, 6.07) is 8.39. The maximum absolute atomic E-state index is 12.0. The lowest BCUT2D eigenvalue weighted by atomic mass is 10.1. The van der Waals surface area contributed by atoms with Gasteiger partial charge in [-0.25, -0.2) is 13.4 Å². The van der Waals surface area contributed by atoms with Crippen LogP contribution >= 0.6 is 0 Å². The van der Waals surface area contributed by atoms with E-state index in [0.29, 0.717) is 17.3 Å². The van der Waals surface area contributed by atoms with Gasteiger partial charge in [-0.2, -0.15) is 4.98 Å². The number of amides is 1. The lowest BCUT2D eigenvalue weighted by Crippen LogP contribution is -2.29. The summed E-state index contributed by atoms with van der Waals surface area (Å²) in [5.41, 5.74) is 1.19. The number of sulfone groups is 1. The summed E-state index contributed by atoms with van der Waals surface area (Å²) in [5, 5.41) is 2.60. The number of rotatable bonds is 7. The fourth-order valence-corrected chi connectivity index (χ4v) is 2.63. The third-order valence-corrected chi connectivity index (χ3v) is 5.09. The Hall–Kier alpha value is -2.48. The fourth-order valence-electron chi connectivity index (χ4n) is 1.93. The zero-order chi connectivity index (χ0) is 17.6. The topological polar surface area (TPSA) is 98.2 Å². The van der Waals surface area contributed by atoms with E-state index in [4.69, 9.17) is 4.74 Å². The highest BCUT2D eigenvalue weighted by molar-refractivity contribution is 7.91. The molecular weight excluding hydrogens is 330 g/mol. The van der Waals surface area contributed by atoms with Crippen molar-refractivity contribution < 1.29 is 17.9 Å². The molecule has 0 aliphatic heterocycles. The molecule has 0 aliphatic rings. The first-order chi connectivity index (χ1) is 11.4. The number of hydrogen-bond acceptors (Lipinski definition) is 6. The molecule has 0 unspecified atom stereocenters. The molecule has 0 spiro atoms. The normalized spacial score (nSPS) is 11.1.